The summed E-state index contributed by atoms with van der Waals surface area (Å²) < 4.78 is 0. The summed E-state index contributed by atoms with van der Waals surface area (Å²) in [6, 6.07) is 93.4. The van der Waals surface area contributed by atoms with Gasteiger partial charge in [0.25, 0.3) is 0 Å². The van der Waals surface area contributed by atoms with E-state index >= 15 is 0 Å². The minimum Gasteiger partial charge on any atom is -0.0619 e. The van der Waals surface area contributed by atoms with Crippen LogP contribution in [0.4, 0.5) is 0 Å². The van der Waals surface area contributed by atoms with Gasteiger partial charge in [0.1, 0.15) is 0 Å². The molecule has 0 fully saturated rings. The van der Waals surface area contributed by atoms with Crippen molar-refractivity contribution in [3.05, 3.63) is 309 Å². The van der Waals surface area contributed by atoms with Gasteiger partial charge in [-0.3, -0.25) is 0 Å². The molecule has 11 aromatic rings. The average Bonchev–Trinajstić information content (AvgIpc) is 4.15. The van der Waals surface area contributed by atoms with Crippen molar-refractivity contribution in [2.75, 3.05) is 0 Å². The van der Waals surface area contributed by atoms with Crippen molar-refractivity contribution in [3.8, 4) is 55.6 Å². The number of fused-ring (bicyclic) bond motifs is 25. The summed E-state index contributed by atoms with van der Waals surface area (Å²) in [6.45, 7) is 0. The highest BCUT2D eigenvalue weighted by Gasteiger charge is 2.58. The van der Waals surface area contributed by atoms with Crippen molar-refractivity contribution in [1.29, 1.82) is 0 Å². The van der Waals surface area contributed by atoms with Gasteiger partial charge in [0.05, 0.1) is 16.2 Å². The van der Waals surface area contributed by atoms with Gasteiger partial charge in [0.2, 0.25) is 0 Å². The summed E-state index contributed by atoms with van der Waals surface area (Å²) in [5, 5.41) is 2.55. The average molecular weight is 845 g/mol. The molecule has 5 aliphatic carbocycles. The predicted octanol–water partition coefficient (Wildman–Crippen LogP) is 15.9. The van der Waals surface area contributed by atoms with E-state index in [2.05, 4.69) is 243 Å². The third-order valence-corrected chi connectivity index (χ3v) is 16.8. The fraction of sp³-hybridized carbons (Fsp3) is 0.0448. The van der Waals surface area contributed by atoms with Crippen molar-refractivity contribution in [1.82, 2.24) is 0 Å². The lowest BCUT2D eigenvalue weighted by Crippen LogP contribution is -2.32. The molecular formula is C67H40. The van der Waals surface area contributed by atoms with Crippen molar-refractivity contribution >= 4 is 10.8 Å². The van der Waals surface area contributed by atoms with Crippen LogP contribution in [0.5, 0.6) is 0 Å². The van der Waals surface area contributed by atoms with Crippen LogP contribution in [0.3, 0.4) is 0 Å². The first-order valence-corrected chi connectivity index (χ1v) is 23.8. The molecule has 67 heavy (non-hydrogen) atoms. The van der Waals surface area contributed by atoms with E-state index < -0.39 is 16.2 Å². The molecule has 0 heterocycles. The maximum atomic E-state index is 2.50. The Kier molecular flexibility index (Phi) is 6.72. The molecule has 0 atom stereocenters. The topological polar surface area (TPSA) is 0 Å². The molecule has 5 aliphatic rings. The SMILES string of the molecule is c1ccc2c(c1)-c1ccccc1C21c2ccccc2-c2c1cccc2C1(c2cccc3c2-c2ccccc2C32c3ccccc3-c3ccccc32)c2ccccc2-c2c1ccc1ccccc21. The standard InChI is InChI=1S/C67H40/c1-2-20-42-41(19-1)39-40-61-62(42)47-25-7-14-32-54(47)67(61,59-37-17-35-57-63(59)48-26-8-15-33-55(48)65(57)50-28-10-3-21-43(50)44-22-4-11-29-51(44)65)60-38-18-36-58-64(60)49-27-9-16-34-56(49)66(58)52-30-12-5-23-45(52)46-24-6-13-31-53(46)66/h1-40H. The normalized spacial score (nSPS) is 15.5. The van der Waals surface area contributed by atoms with Gasteiger partial charge in [0, 0.05) is 0 Å². The molecule has 0 saturated carbocycles. The van der Waals surface area contributed by atoms with Crippen LogP contribution in [0.25, 0.3) is 66.4 Å². The van der Waals surface area contributed by atoms with Crippen LogP contribution in [-0.2, 0) is 16.2 Å². The van der Waals surface area contributed by atoms with Crippen LogP contribution in [-0.4, -0.2) is 0 Å². The zero-order valence-electron chi connectivity index (χ0n) is 36.6. The molecule has 0 aromatic heterocycles. The van der Waals surface area contributed by atoms with Crippen LogP contribution >= 0.6 is 0 Å². The minimum atomic E-state index is -0.723. The molecule has 308 valence electrons. The van der Waals surface area contributed by atoms with Crippen LogP contribution in [0.1, 0.15) is 66.8 Å². The Bertz CT molecular complexity index is 3720. The third-order valence-electron chi connectivity index (χ3n) is 16.8. The maximum Gasteiger partial charge on any atom is 0.0725 e. The summed E-state index contributed by atoms with van der Waals surface area (Å²) in [5.41, 5.74) is 27.8. The van der Waals surface area contributed by atoms with E-state index in [-0.39, 0.29) is 0 Å². The fourth-order valence-corrected chi connectivity index (χ4v) is 14.7. The van der Waals surface area contributed by atoms with E-state index in [0.717, 1.165) is 0 Å². The molecule has 0 bridgehead atoms. The summed E-state index contributed by atoms with van der Waals surface area (Å²) in [7, 11) is 0. The second-order valence-electron chi connectivity index (χ2n) is 19.2. The summed E-state index contributed by atoms with van der Waals surface area (Å²) in [4.78, 5) is 0. The molecule has 0 amide bonds. The summed E-state index contributed by atoms with van der Waals surface area (Å²) >= 11 is 0. The Hall–Kier alpha value is -8.32. The Morgan fingerprint density at radius 1 is 0.164 bits per heavy atom. The maximum absolute atomic E-state index is 2.50. The van der Waals surface area contributed by atoms with Crippen molar-refractivity contribution in [3.63, 3.8) is 0 Å². The zero-order valence-corrected chi connectivity index (χ0v) is 36.6. The zero-order chi connectivity index (χ0) is 43.6. The molecule has 0 radical (unpaired) electrons. The van der Waals surface area contributed by atoms with Gasteiger partial charge in [-0.2, -0.15) is 0 Å². The largest absolute Gasteiger partial charge is 0.0725 e. The smallest absolute Gasteiger partial charge is 0.0619 e. The van der Waals surface area contributed by atoms with Gasteiger partial charge in [-0.05, 0) is 133 Å². The second-order valence-corrected chi connectivity index (χ2v) is 19.2. The molecule has 0 heteroatoms. The van der Waals surface area contributed by atoms with Gasteiger partial charge in [0.15, 0.2) is 0 Å². The quantitative estimate of drug-likeness (QED) is 0.163. The van der Waals surface area contributed by atoms with Crippen LogP contribution in [0.2, 0.25) is 0 Å². The summed E-state index contributed by atoms with van der Waals surface area (Å²) in [6.07, 6.45) is 0. The summed E-state index contributed by atoms with van der Waals surface area (Å²) in [5.74, 6) is 0. The van der Waals surface area contributed by atoms with Gasteiger partial charge in [-0.25, -0.2) is 0 Å². The van der Waals surface area contributed by atoms with E-state index in [9.17, 15) is 0 Å². The van der Waals surface area contributed by atoms with Crippen molar-refractivity contribution < 1.29 is 0 Å². The van der Waals surface area contributed by atoms with Crippen LogP contribution in [0, 0.1) is 0 Å². The van der Waals surface area contributed by atoms with E-state index in [1.807, 2.05) is 0 Å². The van der Waals surface area contributed by atoms with E-state index in [4.69, 9.17) is 0 Å². The first-order chi connectivity index (χ1) is 33.3. The molecule has 0 saturated heterocycles. The van der Waals surface area contributed by atoms with Crippen LogP contribution in [0.15, 0.2) is 243 Å². The number of hydrogen-bond donors (Lipinski definition) is 0. The molecule has 11 aromatic carbocycles. The minimum absolute atomic E-state index is 0.479. The van der Waals surface area contributed by atoms with Gasteiger partial charge in [-0.1, -0.05) is 243 Å². The van der Waals surface area contributed by atoms with Gasteiger partial charge in [-0.15, -0.1) is 0 Å². The molecule has 0 nitrogen and oxygen atoms in total. The predicted molar refractivity (Wildman–Crippen MR) is 274 cm³/mol. The third kappa shape index (κ3) is 3.95. The Morgan fingerprint density at radius 3 is 0.806 bits per heavy atom. The molecule has 0 N–H and O–H groups in total. The second kappa shape index (κ2) is 12.5. The lowest BCUT2D eigenvalue weighted by Gasteiger charge is -2.38. The highest BCUT2D eigenvalue weighted by Crippen LogP contribution is 2.70. The lowest BCUT2D eigenvalue weighted by molar-refractivity contribution is 0.756. The van der Waals surface area contributed by atoms with Gasteiger partial charge < -0.3 is 0 Å². The van der Waals surface area contributed by atoms with E-state index in [1.54, 1.807) is 0 Å². The molecule has 0 unspecified atom stereocenters. The lowest BCUT2D eigenvalue weighted by atomic mass is 9.62. The highest BCUT2D eigenvalue weighted by atomic mass is 14.6. The van der Waals surface area contributed by atoms with Crippen LogP contribution < -0.4 is 0 Å². The number of rotatable bonds is 2. The molecule has 16 rings (SSSR count). The Morgan fingerprint density at radius 2 is 0.418 bits per heavy atom. The van der Waals surface area contributed by atoms with Crippen molar-refractivity contribution in [2.24, 2.45) is 0 Å². The number of benzene rings is 11. The Labute approximate surface area is 390 Å². The molecule has 0 aliphatic heterocycles. The monoisotopic (exact) mass is 844 g/mol. The van der Waals surface area contributed by atoms with Gasteiger partial charge >= 0.3 is 0 Å². The first kappa shape index (κ1) is 36.0. The molecule has 2 spiro atoms. The molecular weight excluding hydrogens is 805 g/mol. The van der Waals surface area contributed by atoms with E-state index in [1.165, 1.54) is 133 Å². The van der Waals surface area contributed by atoms with E-state index in [0.29, 0.717) is 0 Å². The number of hydrogen-bond acceptors (Lipinski definition) is 0. The Balaban J connectivity index is 1.11. The first-order valence-electron chi connectivity index (χ1n) is 23.8. The van der Waals surface area contributed by atoms with Crippen molar-refractivity contribution in [2.45, 2.75) is 16.2 Å². The highest BCUT2D eigenvalue weighted by molar-refractivity contribution is 6.07. The fourth-order valence-electron chi connectivity index (χ4n) is 14.7.